The second-order valence-electron chi connectivity index (χ2n) is 8.59. The van der Waals surface area contributed by atoms with Gasteiger partial charge in [-0.15, -0.1) is 11.3 Å². The van der Waals surface area contributed by atoms with Crippen molar-refractivity contribution in [3.05, 3.63) is 77.9 Å². The molecule has 0 amide bonds. The van der Waals surface area contributed by atoms with Crippen molar-refractivity contribution in [3.8, 4) is 27.7 Å². The van der Waals surface area contributed by atoms with Crippen molar-refractivity contribution in [1.82, 2.24) is 0 Å². The van der Waals surface area contributed by atoms with Crippen LogP contribution in [0.5, 0.6) is 17.2 Å². The normalized spacial score (nSPS) is 11.0. The molecule has 4 rings (SSSR count). The Morgan fingerprint density at radius 3 is 2.34 bits per heavy atom. The number of carbonyl (C=O) groups is 1. The lowest BCUT2D eigenvalue weighted by molar-refractivity contribution is 0.104. The van der Waals surface area contributed by atoms with Crippen molar-refractivity contribution in [3.63, 3.8) is 0 Å². The Hall–Kier alpha value is -3.64. The first-order valence-corrected chi connectivity index (χ1v) is 12.7. The molecule has 0 aliphatic heterocycles. The van der Waals surface area contributed by atoms with Gasteiger partial charge in [-0.25, -0.2) is 0 Å². The van der Waals surface area contributed by atoms with E-state index in [0.717, 1.165) is 39.8 Å². The molecule has 0 fully saturated rings. The third-order valence-corrected chi connectivity index (χ3v) is 7.09. The molecule has 0 saturated carbocycles. The number of rotatable bonds is 11. The molecular formula is C29H29NO4S. The maximum atomic E-state index is 13.6. The van der Waals surface area contributed by atoms with Crippen LogP contribution < -0.4 is 4.74 Å². The lowest BCUT2D eigenvalue weighted by Crippen LogP contribution is -2.10. The van der Waals surface area contributed by atoms with Crippen LogP contribution in [0.15, 0.2) is 66.7 Å². The molecule has 1 heterocycles. The first-order chi connectivity index (χ1) is 17.0. The van der Waals surface area contributed by atoms with Crippen molar-refractivity contribution in [1.29, 1.82) is 5.41 Å². The minimum absolute atomic E-state index is 0.125. The molecule has 0 spiro atoms. The molecule has 0 radical (unpaired) electrons. The van der Waals surface area contributed by atoms with E-state index in [9.17, 15) is 15.0 Å². The van der Waals surface area contributed by atoms with Crippen LogP contribution in [0.2, 0.25) is 0 Å². The highest BCUT2D eigenvalue weighted by atomic mass is 32.1. The van der Waals surface area contributed by atoms with Gasteiger partial charge in [-0.1, -0.05) is 26.2 Å². The van der Waals surface area contributed by atoms with Crippen LogP contribution >= 0.6 is 11.3 Å². The predicted molar refractivity (Wildman–Crippen MR) is 142 cm³/mol. The Kier molecular flexibility index (Phi) is 7.83. The molecular weight excluding hydrogens is 458 g/mol. The molecule has 180 valence electrons. The van der Waals surface area contributed by atoms with Gasteiger partial charge in [-0.2, -0.15) is 0 Å². The molecule has 1 aromatic heterocycles. The van der Waals surface area contributed by atoms with E-state index in [4.69, 9.17) is 10.1 Å². The molecule has 0 unspecified atom stereocenters. The van der Waals surface area contributed by atoms with Gasteiger partial charge in [-0.05, 0) is 85.1 Å². The van der Waals surface area contributed by atoms with Crippen LogP contribution in [-0.4, -0.2) is 28.3 Å². The van der Waals surface area contributed by atoms with Crippen molar-refractivity contribution in [2.24, 2.45) is 0 Å². The van der Waals surface area contributed by atoms with Crippen LogP contribution in [0.1, 0.15) is 54.9 Å². The van der Waals surface area contributed by atoms with Gasteiger partial charge < -0.3 is 20.4 Å². The number of carbonyl (C=O) groups excluding carboxylic acids is 1. The topological polar surface area (TPSA) is 90.6 Å². The van der Waals surface area contributed by atoms with Crippen molar-refractivity contribution in [2.75, 3.05) is 6.61 Å². The Morgan fingerprint density at radius 2 is 1.63 bits per heavy atom. The summed E-state index contributed by atoms with van der Waals surface area (Å²) in [4.78, 5) is 14.4. The molecule has 6 heteroatoms. The van der Waals surface area contributed by atoms with Gasteiger partial charge in [0.2, 0.25) is 0 Å². The molecule has 0 atom stereocenters. The summed E-state index contributed by atoms with van der Waals surface area (Å²) in [5.41, 5.74) is 2.50. The minimum Gasteiger partial charge on any atom is -0.508 e. The highest BCUT2D eigenvalue weighted by Crippen LogP contribution is 2.41. The average Bonchev–Trinajstić information content (AvgIpc) is 3.24. The second kappa shape index (κ2) is 11.2. The Bertz CT molecular complexity index is 1320. The fraction of sp³-hybridized carbons (Fsp3) is 0.241. The zero-order chi connectivity index (χ0) is 24.8. The summed E-state index contributed by atoms with van der Waals surface area (Å²) >= 11 is 1.43. The highest BCUT2D eigenvalue weighted by Gasteiger charge is 2.22. The molecule has 3 aromatic carbocycles. The van der Waals surface area contributed by atoms with E-state index in [-0.39, 0.29) is 23.9 Å². The van der Waals surface area contributed by atoms with Gasteiger partial charge >= 0.3 is 0 Å². The molecule has 35 heavy (non-hydrogen) atoms. The summed E-state index contributed by atoms with van der Waals surface area (Å²) in [7, 11) is 0. The molecule has 0 aliphatic carbocycles. The standard InChI is InChI=1S/C29H29NO4S/c1-2-3-4-5-6-21(30)18-34-24-14-9-19(10-15-24)28(33)27-25-16-13-23(32)17-26(25)35-29(27)20-7-11-22(31)12-8-20/h7-17,30-32H,2-6,18H2,1H3. The smallest absolute Gasteiger partial charge is 0.195 e. The molecule has 0 saturated heterocycles. The fourth-order valence-electron chi connectivity index (χ4n) is 3.98. The van der Waals surface area contributed by atoms with E-state index >= 15 is 0 Å². The summed E-state index contributed by atoms with van der Waals surface area (Å²) < 4.78 is 6.57. The third kappa shape index (κ3) is 5.89. The summed E-state index contributed by atoms with van der Waals surface area (Å²) in [6.45, 7) is 2.42. The van der Waals surface area contributed by atoms with E-state index in [2.05, 4.69) is 6.92 Å². The number of benzene rings is 3. The Balaban J connectivity index is 1.54. The minimum atomic E-state index is -0.125. The van der Waals surface area contributed by atoms with Crippen LogP contribution in [0, 0.1) is 5.41 Å². The number of aromatic hydroxyl groups is 2. The fourth-order valence-corrected chi connectivity index (χ4v) is 5.22. The number of hydrogen-bond acceptors (Lipinski definition) is 6. The Labute approximate surface area is 209 Å². The largest absolute Gasteiger partial charge is 0.508 e. The van der Waals surface area contributed by atoms with E-state index in [1.165, 1.54) is 24.2 Å². The van der Waals surface area contributed by atoms with E-state index < -0.39 is 0 Å². The molecule has 0 bridgehead atoms. The van der Waals surface area contributed by atoms with E-state index in [1.807, 2.05) is 0 Å². The van der Waals surface area contributed by atoms with E-state index in [0.29, 0.717) is 22.6 Å². The monoisotopic (exact) mass is 487 g/mol. The number of phenols is 2. The zero-order valence-corrected chi connectivity index (χ0v) is 20.5. The van der Waals surface area contributed by atoms with Crippen LogP contribution in [0.25, 0.3) is 20.5 Å². The SMILES string of the molecule is CCCCCCC(=N)COc1ccc(C(=O)c2c(-c3ccc(O)cc3)sc3cc(O)ccc23)cc1. The number of hydrogen-bond donors (Lipinski definition) is 3. The summed E-state index contributed by atoms with van der Waals surface area (Å²) in [6.07, 6.45) is 5.27. The molecule has 4 aromatic rings. The zero-order valence-electron chi connectivity index (χ0n) is 19.7. The van der Waals surface area contributed by atoms with Gasteiger partial charge in [0.05, 0.1) is 0 Å². The van der Waals surface area contributed by atoms with Gasteiger partial charge in [-0.3, -0.25) is 4.79 Å². The molecule has 5 nitrogen and oxygen atoms in total. The van der Waals surface area contributed by atoms with Gasteiger partial charge in [0.15, 0.2) is 5.78 Å². The summed E-state index contributed by atoms with van der Waals surface area (Å²) in [6, 6.07) is 18.8. The van der Waals surface area contributed by atoms with Crippen LogP contribution in [-0.2, 0) is 0 Å². The number of nitrogens with one attached hydrogen (secondary N) is 1. The number of unbranched alkanes of at least 4 members (excludes halogenated alkanes) is 3. The number of phenolic OH excluding ortho intramolecular Hbond substituents is 2. The van der Waals surface area contributed by atoms with E-state index in [1.54, 1.807) is 66.7 Å². The number of ketones is 1. The quantitative estimate of drug-likeness (QED) is 0.116. The lowest BCUT2D eigenvalue weighted by Gasteiger charge is -2.09. The lowest BCUT2D eigenvalue weighted by atomic mass is 9.97. The van der Waals surface area contributed by atoms with Crippen molar-refractivity contribution in [2.45, 2.75) is 39.0 Å². The Morgan fingerprint density at radius 1 is 0.914 bits per heavy atom. The molecule has 0 aliphatic rings. The van der Waals surface area contributed by atoms with Gasteiger partial charge in [0, 0.05) is 31.8 Å². The maximum absolute atomic E-state index is 13.6. The number of thiophene rings is 1. The highest BCUT2D eigenvalue weighted by molar-refractivity contribution is 7.22. The molecule has 3 N–H and O–H groups in total. The first-order valence-electron chi connectivity index (χ1n) is 11.8. The number of ether oxygens (including phenoxy) is 1. The van der Waals surface area contributed by atoms with Gasteiger partial charge in [0.1, 0.15) is 23.9 Å². The van der Waals surface area contributed by atoms with Crippen molar-refractivity contribution >= 4 is 32.9 Å². The first kappa shape index (κ1) is 24.5. The summed E-state index contributed by atoms with van der Waals surface area (Å²) in [5, 5.41) is 28.5. The maximum Gasteiger partial charge on any atom is 0.195 e. The van der Waals surface area contributed by atoms with Gasteiger partial charge in [0.25, 0.3) is 0 Å². The average molecular weight is 488 g/mol. The van der Waals surface area contributed by atoms with Crippen molar-refractivity contribution < 1.29 is 19.7 Å². The van der Waals surface area contributed by atoms with Crippen LogP contribution in [0.4, 0.5) is 0 Å². The second-order valence-corrected chi connectivity index (χ2v) is 9.64. The summed E-state index contributed by atoms with van der Waals surface area (Å²) in [5.74, 6) is 0.802. The number of fused-ring (bicyclic) bond motifs is 1. The van der Waals surface area contributed by atoms with Crippen LogP contribution in [0.3, 0.4) is 0 Å². The third-order valence-electron chi connectivity index (χ3n) is 5.89. The predicted octanol–water partition coefficient (Wildman–Crippen LogP) is 7.58.